The molecule has 0 saturated heterocycles. The number of carbonyl (C=O) groups excluding carboxylic acids is 2. The monoisotopic (exact) mass is 402 g/mol. The molecular weight excluding hydrogens is 387 g/mol. The Morgan fingerprint density at radius 1 is 1.21 bits per heavy atom. The maximum absolute atomic E-state index is 13.1. The van der Waals surface area contributed by atoms with Crippen LogP contribution in [0.5, 0.6) is 0 Å². The molecule has 7 nitrogen and oxygen atoms in total. The van der Waals surface area contributed by atoms with Gasteiger partial charge in [0.15, 0.2) is 6.61 Å². The van der Waals surface area contributed by atoms with E-state index < -0.39 is 18.5 Å². The predicted molar refractivity (Wildman–Crippen MR) is 103 cm³/mol. The molecule has 0 aliphatic carbocycles. The Hall–Kier alpha value is -3.39. The van der Waals surface area contributed by atoms with E-state index in [2.05, 4.69) is 10.4 Å². The number of esters is 1. The molecule has 0 unspecified atom stereocenters. The number of benzene rings is 2. The van der Waals surface area contributed by atoms with Crippen molar-refractivity contribution in [1.29, 1.82) is 0 Å². The molecule has 3 aromatic rings. The van der Waals surface area contributed by atoms with E-state index in [1.165, 1.54) is 47.1 Å². The molecule has 0 aliphatic heterocycles. The maximum atomic E-state index is 13.1. The highest BCUT2D eigenvalue weighted by Crippen LogP contribution is 2.19. The zero-order valence-corrected chi connectivity index (χ0v) is 15.5. The van der Waals surface area contributed by atoms with Crippen molar-refractivity contribution < 1.29 is 18.7 Å². The number of hydrogen-bond donors (Lipinski definition) is 2. The van der Waals surface area contributed by atoms with Crippen LogP contribution in [-0.4, -0.2) is 28.3 Å². The second kappa shape index (κ2) is 8.10. The van der Waals surface area contributed by atoms with Crippen LogP contribution in [0.1, 0.15) is 16.1 Å². The van der Waals surface area contributed by atoms with Crippen molar-refractivity contribution in [3.8, 4) is 5.69 Å². The van der Waals surface area contributed by atoms with E-state index in [0.29, 0.717) is 22.2 Å². The molecule has 3 rings (SSSR count). The highest BCUT2D eigenvalue weighted by molar-refractivity contribution is 6.31. The van der Waals surface area contributed by atoms with Crippen molar-refractivity contribution in [2.24, 2.45) is 0 Å². The number of aromatic nitrogens is 2. The lowest BCUT2D eigenvalue weighted by atomic mass is 10.2. The van der Waals surface area contributed by atoms with Gasteiger partial charge in [-0.05, 0) is 49.4 Å². The minimum atomic E-state index is -0.743. The van der Waals surface area contributed by atoms with Gasteiger partial charge in [-0.3, -0.25) is 4.79 Å². The van der Waals surface area contributed by atoms with Gasteiger partial charge in [-0.25, -0.2) is 13.9 Å². The van der Waals surface area contributed by atoms with E-state index >= 15 is 0 Å². The average molecular weight is 403 g/mol. The van der Waals surface area contributed by atoms with Crippen LogP contribution in [0, 0.1) is 12.7 Å². The summed E-state index contributed by atoms with van der Waals surface area (Å²) in [6.07, 6.45) is 0. The van der Waals surface area contributed by atoms with E-state index in [9.17, 15) is 14.0 Å². The normalized spacial score (nSPS) is 10.5. The van der Waals surface area contributed by atoms with Crippen LogP contribution in [0.4, 0.5) is 15.9 Å². The summed E-state index contributed by atoms with van der Waals surface area (Å²) in [4.78, 5) is 24.3. The molecule has 9 heteroatoms. The third-order valence-electron chi connectivity index (χ3n) is 3.74. The van der Waals surface area contributed by atoms with E-state index in [1.807, 2.05) is 0 Å². The van der Waals surface area contributed by atoms with Crippen molar-refractivity contribution in [1.82, 2.24) is 9.78 Å². The number of ether oxygens (including phenoxy) is 1. The SMILES string of the molecule is Cc1cc(NC(=O)COC(=O)c2ccc(Cl)cc2N)n(-c2ccc(F)cc2)n1. The molecule has 0 radical (unpaired) electrons. The third-order valence-corrected chi connectivity index (χ3v) is 3.97. The Morgan fingerprint density at radius 2 is 1.93 bits per heavy atom. The first-order valence-electron chi connectivity index (χ1n) is 8.18. The van der Waals surface area contributed by atoms with Crippen LogP contribution in [0.15, 0.2) is 48.5 Å². The first-order chi connectivity index (χ1) is 13.3. The number of halogens is 2. The summed E-state index contributed by atoms with van der Waals surface area (Å²) < 4.78 is 19.6. The zero-order valence-electron chi connectivity index (χ0n) is 14.8. The van der Waals surface area contributed by atoms with Gasteiger partial charge in [0.1, 0.15) is 11.6 Å². The van der Waals surface area contributed by atoms with Crippen LogP contribution in [0.25, 0.3) is 5.69 Å². The number of nitrogen functional groups attached to an aromatic ring is 1. The number of nitrogens with zero attached hydrogens (tertiary/aromatic N) is 2. The number of aryl methyl sites for hydroxylation is 1. The standard InChI is InChI=1S/C19H16ClFN4O3/c1-11-8-17(25(24-11)14-5-3-13(21)4-6-14)23-18(26)10-28-19(27)15-7-2-12(20)9-16(15)22/h2-9H,10,22H2,1H3,(H,23,26). The summed E-state index contributed by atoms with van der Waals surface area (Å²) in [6, 6.07) is 11.6. The van der Waals surface area contributed by atoms with Gasteiger partial charge in [0.05, 0.1) is 16.9 Å². The van der Waals surface area contributed by atoms with Crippen LogP contribution >= 0.6 is 11.6 Å². The van der Waals surface area contributed by atoms with Gasteiger partial charge in [0.25, 0.3) is 5.91 Å². The Balaban J connectivity index is 1.67. The van der Waals surface area contributed by atoms with Gasteiger partial charge < -0.3 is 15.8 Å². The molecule has 0 spiro atoms. The second-order valence-corrected chi connectivity index (χ2v) is 6.35. The van der Waals surface area contributed by atoms with E-state index in [1.54, 1.807) is 13.0 Å². The summed E-state index contributed by atoms with van der Waals surface area (Å²) in [7, 11) is 0. The number of amides is 1. The quantitative estimate of drug-likeness (QED) is 0.503. The summed E-state index contributed by atoms with van der Waals surface area (Å²) in [6.45, 7) is 1.23. The smallest absolute Gasteiger partial charge is 0.340 e. The lowest BCUT2D eigenvalue weighted by Gasteiger charge is -2.10. The molecule has 28 heavy (non-hydrogen) atoms. The zero-order chi connectivity index (χ0) is 20.3. The molecule has 0 saturated carbocycles. The van der Waals surface area contributed by atoms with Gasteiger partial charge in [-0.1, -0.05) is 11.6 Å². The molecule has 1 amide bonds. The van der Waals surface area contributed by atoms with Gasteiger partial charge in [-0.15, -0.1) is 0 Å². The number of nitrogens with one attached hydrogen (secondary N) is 1. The van der Waals surface area contributed by atoms with Gasteiger partial charge in [-0.2, -0.15) is 5.10 Å². The highest BCUT2D eigenvalue weighted by atomic mass is 35.5. The van der Waals surface area contributed by atoms with Gasteiger partial charge >= 0.3 is 5.97 Å². The lowest BCUT2D eigenvalue weighted by Crippen LogP contribution is -2.22. The maximum Gasteiger partial charge on any atom is 0.340 e. The van der Waals surface area contributed by atoms with Crippen molar-refractivity contribution in [2.45, 2.75) is 6.92 Å². The van der Waals surface area contributed by atoms with Crippen LogP contribution in [0.2, 0.25) is 5.02 Å². The Labute approximate surface area is 164 Å². The first-order valence-corrected chi connectivity index (χ1v) is 8.56. The number of hydrogen-bond acceptors (Lipinski definition) is 5. The minimum absolute atomic E-state index is 0.115. The van der Waals surface area contributed by atoms with Crippen molar-refractivity contribution in [2.75, 3.05) is 17.7 Å². The van der Waals surface area contributed by atoms with Gasteiger partial charge in [0.2, 0.25) is 0 Å². The summed E-state index contributed by atoms with van der Waals surface area (Å²) in [5.41, 5.74) is 7.21. The number of anilines is 2. The highest BCUT2D eigenvalue weighted by Gasteiger charge is 2.15. The van der Waals surface area contributed by atoms with E-state index in [-0.39, 0.29) is 17.1 Å². The number of rotatable bonds is 5. The topological polar surface area (TPSA) is 99.2 Å². The molecule has 1 aromatic heterocycles. The fourth-order valence-corrected chi connectivity index (χ4v) is 2.66. The fourth-order valence-electron chi connectivity index (χ4n) is 2.47. The van der Waals surface area contributed by atoms with Gasteiger partial charge in [0, 0.05) is 16.8 Å². The van der Waals surface area contributed by atoms with Crippen LogP contribution in [-0.2, 0) is 9.53 Å². The molecule has 1 heterocycles. The molecule has 0 atom stereocenters. The fraction of sp³-hybridized carbons (Fsp3) is 0.105. The first kappa shape index (κ1) is 19.4. The Kier molecular flexibility index (Phi) is 5.60. The molecule has 144 valence electrons. The van der Waals surface area contributed by atoms with Crippen molar-refractivity contribution in [3.05, 3.63) is 70.6 Å². The summed E-state index contributed by atoms with van der Waals surface area (Å²) >= 11 is 5.79. The molecular formula is C19H16ClFN4O3. The Morgan fingerprint density at radius 3 is 2.61 bits per heavy atom. The number of carbonyl (C=O) groups is 2. The average Bonchev–Trinajstić information content (AvgIpc) is 3.00. The molecule has 3 N–H and O–H groups in total. The largest absolute Gasteiger partial charge is 0.452 e. The van der Waals surface area contributed by atoms with Crippen molar-refractivity contribution in [3.63, 3.8) is 0 Å². The molecule has 0 fully saturated rings. The molecule has 0 aliphatic rings. The predicted octanol–water partition coefficient (Wildman–Crippen LogP) is 3.35. The Bertz CT molecular complexity index is 1030. The molecule has 2 aromatic carbocycles. The summed E-state index contributed by atoms with van der Waals surface area (Å²) in [5, 5.41) is 7.27. The van der Waals surface area contributed by atoms with E-state index in [4.69, 9.17) is 22.1 Å². The van der Waals surface area contributed by atoms with Crippen molar-refractivity contribution >= 4 is 35.0 Å². The third kappa shape index (κ3) is 4.47. The molecule has 0 bridgehead atoms. The summed E-state index contributed by atoms with van der Waals surface area (Å²) in [5.74, 6) is -1.33. The second-order valence-electron chi connectivity index (χ2n) is 5.92. The minimum Gasteiger partial charge on any atom is -0.452 e. The van der Waals surface area contributed by atoms with E-state index in [0.717, 1.165) is 0 Å². The van der Waals surface area contributed by atoms with Crippen LogP contribution < -0.4 is 11.1 Å². The number of nitrogens with two attached hydrogens (primary N) is 1. The lowest BCUT2D eigenvalue weighted by molar-refractivity contribution is -0.119. The van der Waals surface area contributed by atoms with Crippen LogP contribution in [0.3, 0.4) is 0 Å².